The zero-order valence-electron chi connectivity index (χ0n) is 14.8. The molecule has 1 aromatic carbocycles. The van der Waals surface area contributed by atoms with Crippen molar-refractivity contribution in [3.63, 3.8) is 0 Å². The molecule has 0 aromatic heterocycles. The Morgan fingerprint density at radius 2 is 1.96 bits per heavy atom. The standard InChI is InChI=1S/C19H28N2O3/c1-4-17(22)11-20-18(23)15-6-5-7-21(12-15)19(24)16-9-13(2)8-14(3)10-16/h8-10,15,17,22H,4-7,11-12H2,1-3H3,(H,20,23). The molecule has 0 radical (unpaired) electrons. The maximum absolute atomic E-state index is 12.7. The molecular weight excluding hydrogens is 304 g/mol. The molecule has 0 aliphatic carbocycles. The van der Waals surface area contributed by atoms with Crippen LogP contribution in [-0.4, -0.2) is 47.6 Å². The van der Waals surface area contributed by atoms with Crippen molar-refractivity contribution >= 4 is 11.8 Å². The summed E-state index contributed by atoms with van der Waals surface area (Å²) in [7, 11) is 0. The number of hydrogen-bond donors (Lipinski definition) is 2. The number of amides is 2. The summed E-state index contributed by atoms with van der Waals surface area (Å²) in [4.78, 5) is 26.8. The molecule has 1 heterocycles. The molecule has 1 fully saturated rings. The van der Waals surface area contributed by atoms with Crippen molar-refractivity contribution in [3.8, 4) is 0 Å². The van der Waals surface area contributed by atoms with Gasteiger partial charge in [0.15, 0.2) is 0 Å². The van der Waals surface area contributed by atoms with Gasteiger partial charge in [-0.2, -0.15) is 0 Å². The van der Waals surface area contributed by atoms with Gasteiger partial charge in [-0.3, -0.25) is 9.59 Å². The number of carbonyl (C=O) groups excluding carboxylic acids is 2. The first-order valence-corrected chi connectivity index (χ1v) is 8.74. The van der Waals surface area contributed by atoms with E-state index in [-0.39, 0.29) is 24.3 Å². The van der Waals surface area contributed by atoms with Gasteiger partial charge in [0, 0.05) is 25.2 Å². The molecule has 2 N–H and O–H groups in total. The minimum atomic E-state index is -0.509. The van der Waals surface area contributed by atoms with Crippen LogP contribution in [0.4, 0.5) is 0 Å². The minimum absolute atomic E-state index is 0.00658. The fourth-order valence-corrected chi connectivity index (χ4v) is 3.16. The highest BCUT2D eigenvalue weighted by Crippen LogP contribution is 2.20. The molecular formula is C19H28N2O3. The fourth-order valence-electron chi connectivity index (χ4n) is 3.16. The summed E-state index contributed by atoms with van der Waals surface area (Å²) in [5.74, 6) is -0.272. The maximum Gasteiger partial charge on any atom is 0.253 e. The second-order valence-electron chi connectivity index (χ2n) is 6.77. The van der Waals surface area contributed by atoms with E-state index in [4.69, 9.17) is 0 Å². The van der Waals surface area contributed by atoms with Crippen molar-refractivity contribution in [2.24, 2.45) is 5.92 Å². The largest absolute Gasteiger partial charge is 0.391 e. The molecule has 1 saturated heterocycles. The van der Waals surface area contributed by atoms with Crippen molar-refractivity contribution in [2.75, 3.05) is 19.6 Å². The van der Waals surface area contributed by atoms with E-state index in [9.17, 15) is 14.7 Å². The quantitative estimate of drug-likeness (QED) is 0.867. The van der Waals surface area contributed by atoms with Crippen LogP contribution < -0.4 is 5.32 Å². The van der Waals surface area contributed by atoms with Crippen molar-refractivity contribution in [3.05, 3.63) is 34.9 Å². The third-order valence-corrected chi connectivity index (χ3v) is 4.53. The molecule has 0 bridgehead atoms. The van der Waals surface area contributed by atoms with Crippen molar-refractivity contribution < 1.29 is 14.7 Å². The average molecular weight is 332 g/mol. The Hall–Kier alpha value is -1.88. The molecule has 1 aliphatic rings. The van der Waals surface area contributed by atoms with Crippen LogP contribution in [-0.2, 0) is 4.79 Å². The van der Waals surface area contributed by atoms with Crippen molar-refractivity contribution in [1.29, 1.82) is 0 Å². The van der Waals surface area contributed by atoms with E-state index in [0.717, 1.165) is 24.0 Å². The first-order chi connectivity index (χ1) is 11.4. The third-order valence-electron chi connectivity index (χ3n) is 4.53. The van der Waals surface area contributed by atoms with Gasteiger partial charge in [-0.25, -0.2) is 0 Å². The highest BCUT2D eigenvalue weighted by atomic mass is 16.3. The van der Waals surface area contributed by atoms with Gasteiger partial charge < -0.3 is 15.3 Å². The summed E-state index contributed by atoms with van der Waals surface area (Å²) in [6.07, 6.45) is 1.71. The van der Waals surface area contributed by atoms with E-state index in [1.165, 1.54) is 0 Å². The monoisotopic (exact) mass is 332 g/mol. The Morgan fingerprint density at radius 3 is 2.58 bits per heavy atom. The predicted molar refractivity (Wildman–Crippen MR) is 93.9 cm³/mol. The SMILES string of the molecule is CCC(O)CNC(=O)C1CCCN(C(=O)c2cc(C)cc(C)c2)C1. The lowest BCUT2D eigenvalue weighted by atomic mass is 9.96. The molecule has 24 heavy (non-hydrogen) atoms. The Balaban J connectivity index is 1.99. The molecule has 2 rings (SSSR count). The van der Waals surface area contributed by atoms with Gasteiger partial charge in [0.1, 0.15) is 0 Å². The number of piperidine rings is 1. The fraction of sp³-hybridized carbons (Fsp3) is 0.579. The second kappa shape index (κ2) is 8.29. The van der Waals surface area contributed by atoms with Gasteiger partial charge in [0.25, 0.3) is 5.91 Å². The highest BCUT2D eigenvalue weighted by Gasteiger charge is 2.29. The summed E-state index contributed by atoms with van der Waals surface area (Å²) in [6.45, 7) is 7.25. The number of benzene rings is 1. The average Bonchev–Trinajstić information content (AvgIpc) is 2.57. The number of carbonyl (C=O) groups is 2. The first-order valence-electron chi connectivity index (χ1n) is 8.74. The zero-order chi connectivity index (χ0) is 17.7. The van der Waals surface area contributed by atoms with Gasteiger partial charge in [0.2, 0.25) is 5.91 Å². The molecule has 2 amide bonds. The number of hydrogen-bond acceptors (Lipinski definition) is 3. The molecule has 2 unspecified atom stereocenters. The van der Waals surface area contributed by atoms with Gasteiger partial charge >= 0.3 is 0 Å². The third kappa shape index (κ3) is 4.81. The van der Waals surface area contributed by atoms with E-state index in [1.807, 2.05) is 39.0 Å². The van der Waals surface area contributed by atoms with Crippen LogP contribution in [0.1, 0.15) is 47.7 Å². The Morgan fingerprint density at radius 1 is 1.29 bits per heavy atom. The second-order valence-corrected chi connectivity index (χ2v) is 6.77. The molecule has 2 atom stereocenters. The lowest BCUT2D eigenvalue weighted by molar-refractivity contribution is -0.126. The summed E-state index contributed by atoms with van der Waals surface area (Å²) in [6, 6.07) is 5.84. The molecule has 1 aliphatic heterocycles. The molecule has 132 valence electrons. The topological polar surface area (TPSA) is 69.6 Å². The maximum atomic E-state index is 12.7. The molecule has 0 spiro atoms. The van der Waals surface area contributed by atoms with E-state index >= 15 is 0 Å². The van der Waals surface area contributed by atoms with Gasteiger partial charge in [-0.05, 0) is 45.2 Å². The molecule has 5 heteroatoms. The molecule has 1 aromatic rings. The lowest BCUT2D eigenvalue weighted by Crippen LogP contribution is -2.46. The van der Waals surface area contributed by atoms with Crippen LogP contribution in [0, 0.1) is 19.8 Å². The van der Waals surface area contributed by atoms with Crippen molar-refractivity contribution in [1.82, 2.24) is 10.2 Å². The number of rotatable bonds is 5. The van der Waals surface area contributed by atoms with Gasteiger partial charge in [-0.1, -0.05) is 24.1 Å². The normalized spacial score (nSPS) is 19.0. The summed E-state index contributed by atoms with van der Waals surface area (Å²) in [5.41, 5.74) is 2.83. The Bertz CT molecular complexity index is 580. The van der Waals surface area contributed by atoms with E-state index in [1.54, 1.807) is 4.90 Å². The smallest absolute Gasteiger partial charge is 0.253 e. The van der Waals surface area contributed by atoms with Crippen molar-refractivity contribution in [2.45, 2.75) is 46.1 Å². The van der Waals surface area contributed by atoms with Gasteiger partial charge in [0.05, 0.1) is 12.0 Å². The van der Waals surface area contributed by atoms with Gasteiger partial charge in [-0.15, -0.1) is 0 Å². The summed E-state index contributed by atoms with van der Waals surface area (Å²) in [5, 5.41) is 12.4. The number of nitrogens with zero attached hydrogens (tertiary/aromatic N) is 1. The lowest BCUT2D eigenvalue weighted by Gasteiger charge is -2.32. The number of aliphatic hydroxyl groups excluding tert-OH is 1. The first kappa shape index (κ1) is 18.5. The van der Waals surface area contributed by atoms with Crippen LogP contribution in [0.15, 0.2) is 18.2 Å². The molecule has 5 nitrogen and oxygen atoms in total. The number of likely N-dealkylation sites (tertiary alicyclic amines) is 1. The predicted octanol–water partition coefficient (Wildman–Crippen LogP) is 2.04. The van der Waals surface area contributed by atoms with E-state index in [2.05, 4.69) is 5.32 Å². The van der Waals surface area contributed by atoms with E-state index < -0.39 is 6.10 Å². The molecule has 0 saturated carbocycles. The van der Waals surface area contributed by atoms with Crippen LogP contribution in [0.2, 0.25) is 0 Å². The number of nitrogens with one attached hydrogen (secondary N) is 1. The summed E-state index contributed by atoms with van der Waals surface area (Å²) >= 11 is 0. The Kier molecular flexibility index (Phi) is 6.37. The van der Waals surface area contributed by atoms with Crippen LogP contribution in [0.3, 0.4) is 0 Å². The zero-order valence-corrected chi connectivity index (χ0v) is 14.8. The van der Waals surface area contributed by atoms with E-state index in [0.29, 0.717) is 25.1 Å². The number of aryl methyl sites for hydroxylation is 2. The highest BCUT2D eigenvalue weighted by molar-refractivity contribution is 5.95. The Labute approximate surface area is 144 Å². The summed E-state index contributed by atoms with van der Waals surface area (Å²) < 4.78 is 0. The van der Waals surface area contributed by atoms with Crippen LogP contribution in [0.25, 0.3) is 0 Å². The minimum Gasteiger partial charge on any atom is -0.391 e. The van der Waals surface area contributed by atoms with Crippen LogP contribution >= 0.6 is 0 Å². The number of aliphatic hydroxyl groups is 1. The van der Waals surface area contributed by atoms with Crippen LogP contribution in [0.5, 0.6) is 0 Å².